The Morgan fingerprint density at radius 2 is 1.76 bits per heavy atom. The zero-order chi connectivity index (χ0) is 12.3. The van der Waals surface area contributed by atoms with Crippen molar-refractivity contribution in [2.75, 3.05) is 0 Å². The van der Waals surface area contributed by atoms with E-state index in [1.165, 1.54) is 12.1 Å². The lowest BCUT2D eigenvalue weighted by molar-refractivity contribution is 0.225. The molecule has 0 radical (unpaired) electrons. The normalized spacial score (nSPS) is 12.2. The minimum Gasteiger partial charge on any atom is -0.486 e. The van der Waals surface area contributed by atoms with Crippen LogP contribution >= 0.6 is 0 Å². The predicted octanol–water partition coefficient (Wildman–Crippen LogP) is 4.27. The molecule has 0 aromatic heterocycles. The molecule has 0 amide bonds. The standard InChI is InChI=1S/C15H15FO/c1-11-10-14(16)8-9-15(11)17-12(2)13-6-4-3-5-7-13/h3-10,12H,1-2H3. The SMILES string of the molecule is Cc1cc(F)ccc1OC(C)c1ccccc1. The first-order valence-corrected chi connectivity index (χ1v) is 5.64. The number of rotatable bonds is 3. The molecule has 2 aromatic carbocycles. The van der Waals surface area contributed by atoms with Crippen LogP contribution in [0.5, 0.6) is 5.75 Å². The molecule has 1 unspecified atom stereocenters. The first kappa shape index (κ1) is 11.6. The van der Waals surface area contributed by atoms with Crippen molar-refractivity contribution in [3.05, 3.63) is 65.5 Å². The highest BCUT2D eigenvalue weighted by atomic mass is 19.1. The first-order valence-electron chi connectivity index (χ1n) is 5.64. The van der Waals surface area contributed by atoms with Gasteiger partial charge in [-0.25, -0.2) is 4.39 Å². The van der Waals surface area contributed by atoms with Gasteiger partial charge in [-0.3, -0.25) is 0 Å². The van der Waals surface area contributed by atoms with Crippen LogP contribution in [-0.4, -0.2) is 0 Å². The van der Waals surface area contributed by atoms with E-state index in [1.807, 2.05) is 44.2 Å². The van der Waals surface area contributed by atoms with Crippen LogP contribution in [0, 0.1) is 12.7 Å². The fourth-order valence-corrected chi connectivity index (χ4v) is 1.73. The van der Waals surface area contributed by atoms with Crippen LogP contribution in [0.3, 0.4) is 0 Å². The minimum atomic E-state index is -0.234. The molecule has 0 heterocycles. The molecule has 0 saturated carbocycles. The van der Waals surface area contributed by atoms with Crippen molar-refractivity contribution in [2.45, 2.75) is 20.0 Å². The summed E-state index contributed by atoms with van der Waals surface area (Å²) in [7, 11) is 0. The van der Waals surface area contributed by atoms with Crippen LogP contribution in [0.2, 0.25) is 0 Å². The molecular weight excluding hydrogens is 215 g/mol. The Balaban J connectivity index is 2.16. The minimum absolute atomic E-state index is 0.0413. The maximum Gasteiger partial charge on any atom is 0.123 e. The molecule has 1 atom stereocenters. The van der Waals surface area contributed by atoms with Crippen molar-refractivity contribution in [3.63, 3.8) is 0 Å². The highest BCUT2D eigenvalue weighted by Crippen LogP contribution is 2.25. The van der Waals surface area contributed by atoms with Gasteiger partial charge < -0.3 is 4.74 Å². The van der Waals surface area contributed by atoms with Crippen LogP contribution in [0.4, 0.5) is 4.39 Å². The Morgan fingerprint density at radius 1 is 1.06 bits per heavy atom. The number of aryl methyl sites for hydroxylation is 1. The summed E-state index contributed by atoms with van der Waals surface area (Å²) in [5.41, 5.74) is 1.92. The molecule has 0 aliphatic rings. The summed E-state index contributed by atoms with van der Waals surface area (Å²) in [6.45, 7) is 3.83. The molecule has 0 aliphatic carbocycles. The summed E-state index contributed by atoms with van der Waals surface area (Å²) in [6, 6.07) is 14.5. The second kappa shape index (κ2) is 5.00. The largest absolute Gasteiger partial charge is 0.486 e. The van der Waals surface area contributed by atoms with Gasteiger partial charge >= 0.3 is 0 Å². The third kappa shape index (κ3) is 2.84. The highest BCUT2D eigenvalue weighted by molar-refractivity contribution is 5.33. The van der Waals surface area contributed by atoms with Gasteiger partial charge in [-0.05, 0) is 43.2 Å². The lowest BCUT2D eigenvalue weighted by atomic mass is 10.1. The van der Waals surface area contributed by atoms with Gasteiger partial charge in [-0.2, -0.15) is 0 Å². The summed E-state index contributed by atoms with van der Waals surface area (Å²) in [5, 5.41) is 0. The maximum atomic E-state index is 13.0. The van der Waals surface area contributed by atoms with E-state index in [2.05, 4.69) is 0 Å². The molecule has 0 saturated heterocycles. The molecule has 2 rings (SSSR count). The molecule has 0 aliphatic heterocycles. The smallest absolute Gasteiger partial charge is 0.123 e. The third-order valence-electron chi connectivity index (χ3n) is 2.71. The van der Waals surface area contributed by atoms with Crippen LogP contribution < -0.4 is 4.74 Å². The number of hydrogen-bond donors (Lipinski definition) is 0. The summed E-state index contributed by atoms with van der Waals surface area (Å²) in [6.07, 6.45) is -0.0413. The van der Waals surface area contributed by atoms with Crippen molar-refractivity contribution in [1.29, 1.82) is 0 Å². The summed E-state index contributed by atoms with van der Waals surface area (Å²) < 4.78 is 18.8. The van der Waals surface area contributed by atoms with E-state index >= 15 is 0 Å². The van der Waals surface area contributed by atoms with Gasteiger partial charge in [0.2, 0.25) is 0 Å². The topological polar surface area (TPSA) is 9.23 Å². The van der Waals surface area contributed by atoms with Crippen molar-refractivity contribution < 1.29 is 9.13 Å². The Bertz CT molecular complexity index is 494. The monoisotopic (exact) mass is 230 g/mol. The molecular formula is C15H15FO. The zero-order valence-electron chi connectivity index (χ0n) is 9.98. The Kier molecular flexibility index (Phi) is 3.43. The predicted molar refractivity (Wildman–Crippen MR) is 66.6 cm³/mol. The van der Waals surface area contributed by atoms with Gasteiger partial charge in [0.25, 0.3) is 0 Å². The van der Waals surface area contributed by atoms with Crippen molar-refractivity contribution in [2.24, 2.45) is 0 Å². The molecule has 88 valence electrons. The third-order valence-corrected chi connectivity index (χ3v) is 2.71. The zero-order valence-corrected chi connectivity index (χ0v) is 9.98. The first-order chi connectivity index (χ1) is 8.16. The molecule has 0 N–H and O–H groups in total. The van der Waals surface area contributed by atoms with Gasteiger partial charge in [0.1, 0.15) is 17.7 Å². The van der Waals surface area contributed by atoms with Crippen LogP contribution in [-0.2, 0) is 0 Å². The summed E-state index contributed by atoms with van der Waals surface area (Å²) >= 11 is 0. The van der Waals surface area contributed by atoms with Gasteiger partial charge in [-0.1, -0.05) is 30.3 Å². The lowest BCUT2D eigenvalue weighted by Crippen LogP contribution is -2.03. The van der Waals surface area contributed by atoms with E-state index in [1.54, 1.807) is 6.07 Å². The van der Waals surface area contributed by atoms with E-state index < -0.39 is 0 Å². The molecule has 0 spiro atoms. The van der Waals surface area contributed by atoms with E-state index in [4.69, 9.17) is 4.74 Å². The molecule has 0 fully saturated rings. The van der Waals surface area contributed by atoms with Crippen LogP contribution in [0.15, 0.2) is 48.5 Å². The number of ether oxygens (including phenoxy) is 1. The van der Waals surface area contributed by atoms with E-state index in [0.29, 0.717) is 0 Å². The van der Waals surface area contributed by atoms with Crippen LogP contribution in [0.25, 0.3) is 0 Å². The Morgan fingerprint density at radius 3 is 2.41 bits per heavy atom. The molecule has 2 heteroatoms. The Hall–Kier alpha value is -1.83. The average Bonchev–Trinajstić information content (AvgIpc) is 2.34. The van der Waals surface area contributed by atoms with Crippen molar-refractivity contribution in [3.8, 4) is 5.75 Å². The van der Waals surface area contributed by atoms with E-state index in [9.17, 15) is 4.39 Å². The number of halogens is 1. The maximum absolute atomic E-state index is 13.0. The lowest BCUT2D eigenvalue weighted by Gasteiger charge is -2.16. The van der Waals surface area contributed by atoms with Gasteiger partial charge in [-0.15, -0.1) is 0 Å². The van der Waals surface area contributed by atoms with Gasteiger partial charge in [0.15, 0.2) is 0 Å². The van der Waals surface area contributed by atoms with Gasteiger partial charge in [0, 0.05) is 0 Å². The van der Waals surface area contributed by atoms with Gasteiger partial charge in [0.05, 0.1) is 0 Å². The summed E-state index contributed by atoms with van der Waals surface area (Å²) in [4.78, 5) is 0. The van der Waals surface area contributed by atoms with Crippen molar-refractivity contribution in [1.82, 2.24) is 0 Å². The van der Waals surface area contributed by atoms with Crippen molar-refractivity contribution >= 4 is 0 Å². The molecule has 0 bridgehead atoms. The number of hydrogen-bond acceptors (Lipinski definition) is 1. The second-order valence-corrected chi connectivity index (χ2v) is 4.08. The fraction of sp³-hybridized carbons (Fsp3) is 0.200. The van der Waals surface area contributed by atoms with E-state index in [0.717, 1.165) is 16.9 Å². The quantitative estimate of drug-likeness (QED) is 0.765. The fourth-order valence-electron chi connectivity index (χ4n) is 1.73. The molecule has 17 heavy (non-hydrogen) atoms. The summed E-state index contributed by atoms with van der Waals surface area (Å²) in [5.74, 6) is 0.491. The molecule has 2 aromatic rings. The molecule has 1 nitrogen and oxygen atoms in total. The highest BCUT2D eigenvalue weighted by Gasteiger charge is 2.08. The Labute approximate surface area is 101 Å². The number of benzene rings is 2. The second-order valence-electron chi connectivity index (χ2n) is 4.08. The van der Waals surface area contributed by atoms with E-state index in [-0.39, 0.29) is 11.9 Å². The average molecular weight is 230 g/mol. The van der Waals surface area contributed by atoms with Crippen LogP contribution in [0.1, 0.15) is 24.2 Å².